The van der Waals surface area contributed by atoms with E-state index in [1.54, 1.807) is 0 Å². The Balaban J connectivity index is 0.000000602. The van der Waals surface area contributed by atoms with Crippen LogP contribution >= 0.6 is 0 Å². The van der Waals surface area contributed by atoms with Crippen LogP contribution in [0.3, 0.4) is 0 Å². The summed E-state index contributed by atoms with van der Waals surface area (Å²) >= 11 is 0. The number of hydrogen-bond donors (Lipinski definition) is 2. The Morgan fingerprint density at radius 3 is 1.06 bits per heavy atom. The van der Waals surface area contributed by atoms with Crippen molar-refractivity contribution >= 4 is 11.9 Å². The van der Waals surface area contributed by atoms with Crippen molar-refractivity contribution in [2.24, 2.45) is 0 Å². The summed E-state index contributed by atoms with van der Waals surface area (Å²) in [4.78, 5) is 21.9. The fourth-order valence-electron chi connectivity index (χ4n) is 3.19. The van der Waals surface area contributed by atoms with Crippen LogP contribution in [0.15, 0.2) is 24.3 Å². The quantitative estimate of drug-likeness (QED) is 0.511. The molecule has 0 aromatic heterocycles. The van der Waals surface area contributed by atoms with Gasteiger partial charge in [-0.15, -0.1) is 0 Å². The van der Waals surface area contributed by atoms with E-state index in [0.717, 1.165) is 11.1 Å². The molecular weight excluding hydrogens is 467 g/mol. The van der Waals surface area contributed by atoms with Crippen LogP contribution in [0.2, 0.25) is 0 Å². The molecule has 184 valence electrons. The Labute approximate surface area is 206 Å². The summed E-state index contributed by atoms with van der Waals surface area (Å²) in [5.41, 5.74) is 2.75. The second-order valence-corrected chi connectivity index (χ2v) is 9.20. The van der Waals surface area contributed by atoms with Gasteiger partial charge in [0.1, 0.15) is 0 Å². The minimum Gasteiger partial charge on any atom is -0.872 e. The van der Waals surface area contributed by atoms with Gasteiger partial charge in [-0.25, -0.2) is 9.59 Å². The third-order valence-electron chi connectivity index (χ3n) is 5.32. The molecule has 0 radical (unpaired) electrons. The van der Waals surface area contributed by atoms with E-state index < -0.39 is 11.9 Å². The number of hydrogen-bond acceptors (Lipinski definition) is 4. The first-order valence-corrected chi connectivity index (χ1v) is 10.8. The van der Waals surface area contributed by atoms with Crippen molar-refractivity contribution in [2.45, 2.75) is 79.1 Å². The fraction of sp³-hybridized carbons (Fsp3) is 0.462. The summed E-state index contributed by atoms with van der Waals surface area (Å²) in [6.45, 7) is 15.5. The van der Waals surface area contributed by atoms with Crippen LogP contribution in [0, 0.1) is 0 Å². The van der Waals surface area contributed by atoms with Crippen LogP contribution in [0.25, 0.3) is 0 Å². The van der Waals surface area contributed by atoms with Gasteiger partial charge >= 0.3 is 28.4 Å². The van der Waals surface area contributed by atoms with Crippen LogP contribution in [0.4, 0.5) is 0 Å². The summed E-state index contributed by atoms with van der Waals surface area (Å²) in [6.07, 6.45) is 0. The molecule has 0 saturated heterocycles. The van der Waals surface area contributed by atoms with E-state index in [1.807, 2.05) is 67.5 Å². The van der Waals surface area contributed by atoms with E-state index in [1.165, 1.54) is 12.1 Å². The van der Waals surface area contributed by atoms with Gasteiger partial charge in [-0.2, -0.15) is 0 Å². The van der Waals surface area contributed by atoms with E-state index in [9.17, 15) is 19.8 Å². The average Bonchev–Trinajstić information content (AvgIpc) is 2.67. The minimum absolute atomic E-state index is 0. The maximum absolute atomic E-state index is 11.8. The first kappa shape index (κ1) is 30.5. The molecule has 0 saturated carbocycles. The molecule has 0 aliphatic rings. The number of aromatic carboxylic acids is 2. The van der Waals surface area contributed by atoms with Gasteiger partial charge in [0.05, 0.1) is 11.1 Å². The normalized spacial score (nSPS) is 10.8. The molecular formula is C26H34NiO6. The summed E-state index contributed by atoms with van der Waals surface area (Å²) in [7, 11) is 0. The van der Waals surface area contributed by atoms with E-state index >= 15 is 0 Å². The zero-order valence-electron chi connectivity index (χ0n) is 20.5. The zero-order chi connectivity index (χ0) is 24.9. The smallest absolute Gasteiger partial charge is 0.872 e. The molecule has 0 amide bonds. The summed E-state index contributed by atoms with van der Waals surface area (Å²) < 4.78 is 0. The largest absolute Gasteiger partial charge is 2.00 e. The van der Waals surface area contributed by atoms with E-state index in [-0.39, 0.29) is 62.8 Å². The first-order valence-electron chi connectivity index (χ1n) is 10.8. The molecule has 0 unspecified atom stereocenters. The van der Waals surface area contributed by atoms with Crippen LogP contribution in [-0.4, -0.2) is 22.2 Å². The van der Waals surface area contributed by atoms with E-state index in [0.29, 0.717) is 11.1 Å². The minimum atomic E-state index is -1.14. The van der Waals surface area contributed by atoms with Crippen LogP contribution in [0.5, 0.6) is 11.5 Å². The third kappa shape index (κ3) is 7.78. The fourth-order valence-corrected chi connectivity index (χ4v) is 3.19. The Hall–Kier alpha value is -2.53. The number of carboxylic acid groups (broad SMARTS) is 2. The first-order chi connectivity index (χ1) is 14.7. The average molecular weight is 501 g/mol. The van der Waals surface area contributed by atoms with Gasteiger partial charge in [-0.3, -0.25) is 0 Å². The molecule has 2 rings (SSSR count). The van der Waals surface area contributed by atoms with Crippen molar-refractivity contribution < 1.29 is 46.5 Å². The monoisotopic (exact) mass is 500 g/mol. The van der Waals surface area contributed by atoms with Gasteiger partial charge in [-0.05, 0) is 46.9 Å². The van der Waals surface area contributed by atoms with Gasteiger partial charge in [0.25, 0.3) is 0 Å². The molecule has 0 spiro atoms. The van der Waals surface area contributed by atoms with Gasteiger partial charge in [0, 0.05) is 0 Å². The standard InChI is InChI=1S/2C13H18O3.Ni/c2*1-7(2)9-5-10(8(3)4)12(14)11(6-9)13(15)16;/h2*5-8,14H,1-4H3,(H,15,16);/q;;+2/p-2. The molecule has 0 aliphatic carbocycles. The maximum Gasteiger partial charge on any atom is 2.00 e. The molecule has 33 heavy (non-hydrogen) atoms. The zero-order valence-corrected chi connectivity index (χ0v) is 21.5. The molecule has 0 aliphatic heterocycles. The molecule has 0 heterocycles. The SMILES string of the molecule is CC(C)c1cc(C(=O)O)c([O-])c(C(C)C)c1.CC(C)c1cc(C(=O)O)c([O-])c(C(C)C)c1.[Ni+2]. The van der Waals surface area contributed by atoms with Crippen molar-refractivity contribution in [2.75, 3.05) is 0 Å². The van der Waals surface area contributed by atoms with Crippen molar-refractivity contribution in [1.82, 2.24) is 0 Å². The molecule has 2 N–H and O–H groups in total. The molecule has 2 aromatic carbocycles. The molecule has 0 atom stereocenters. The molecule has 7 heteroatoms. The maximum atomic E-state index is 11.8. The Bertz CT molecular complexity index is 898. The number of rotatable bonds is 6. The predicted octanol–water partition coefficient (Wildman–Crippen LogP) is 5.41. The Kier molecular flexibility index (Phi) is 11.7. The van der Waals surface area contributed by atoms with Gasteiger partial charge in [0.2, 0.25) is 0 Å². The van der Waals surface area contributed by atoms with Crippen molar-refractivity contribution in [1.29, 1.82) is 0 Å². The summed E-state index contributed by atoms with van der Waals surface area (Å²) in [5, 5.41) is 41.6. The van der Waals surface area contributed by atoms with E-state index in [4.69, 9.17) is 10.2 Å². The van der Waals surface area contributed by atoms with Crippen molar-refractivity contribution in [3.05, 3.63) is 57.6 Å². The molecule has 6 nitrogen and oxygen atoms in total. The Morgan fingerprint density at radius 1 is 0.606 bits per heavy atom. The van der Waals surface area contributed by atoms with Crippen LogP contribution in [-0.2, 0) is 16.5 Å². The van der Waals surface area contributed by atoms with Crippen LogP contribution < -0.4 is 10.2 Å². The van der Waals surface area contributed by atoms with Gasteiger partial charge < -0.3 is 20.4 Å². The Morgan fingerprint density at radius 2 is 0.879 bits per heavy atom. The number of benzene rings is 2. The summed E-state index contributed by atoms with van der Waals surface area (Å²) in [5.74, 6) is -2.47. The molecule has 0 fully saturated rings. The van der Waals surface area contributed by atoms with Crippen LogP contribution in [0.1, 0.15) is 122 Å². The number of carbonyl (C=O) groups is 2. The van der Waals surface area contributed by atoms with Gasteiger partial charge in [0.15, 0.2) is 0 Å². The molecule has 0 bridgehead atoms. The second kappa shape index (κ2) is 12.6. The molecule has 2 aromatic rings. The van der Waals surface area contributed by atoms with Crippen molar-refractivity contribution in [3.63, 3.8) is 0 Å². The van der Waals surface area contributed by atoms with Gasteiger partial charge in [-0.1, -0.05) is 90.1 Å². The number of carboxylic acids is 2. The second-order valence-electron chi connectivity index (χ2n) is 9.20. The predicted molar refractivity (Wildman–Crippen MR) is 122 cm³/mol. The third-order valence-corrected chi connectivity index (χ3v) is 5.32. The van der Waals surface area contributed by atoms with Crippen molar-refractivity contribution in [3.8, 4) is 11.5 Å². The van der Waals surface area contributed by atoms with E-state index in [2.05, 4.69) is 0 Å². The topological polar surface area (TPSA) is 121 Å². The summed E-state index contributed by atoms with van der Waals surface area (Å²) in [6, 6.07) is 6.62.